The van der Waals surface area contributed by atoms with E-state index in [0.29, 0.717) is 37.5 Å². The molecule has 0 aromatic heterocycles. The van der Waals surface area contributed by atoms with Gasteiger partial charge in [-0.3, -0.25) is 9.59 Å². The number of Topliss-reactive ketones (excluding diaryl/α,β-unsaturated/α-hetero) is 1. The fourth-order valence-electron chi connectivity index (χ4n) is 3.60. The number of benzene rings is 2. The normalized spacial score (nSPS) is 17.7. The molecule has 0 saturated carbocycles. The Bertz CT molecular complexity index is 976. The monoisotopic (exact) mass is 421 g/mol. The minimum atomic E-state index is -0.688. The van der Waals surface area contributed by atoms with Crippen molar-refractivity contribution in [3.63, 3.8) is 0 Å². The van der Waals surface area contributed by atoms with E-state index in [1.807, 2.05) is 19.1 Å². The van der Waals surface area contributed by atoms with Crippen LogP contribution in [0, 0.1) is 6.92 Å². The van der Waals surface area contributed by atoms with Crippen molar-refractivity contribution < 1.29 is 24.2 Å². The maximum absolute atomic E-state index is 12.9. The maximum Gasteiger partial charge on any atom is 0.295 e. The summed E-state index contributed by atoms with van der Waals surface area (Å²) in [5, 5.41) is 11.0. The lowest BCUT2D eigenvalue weighted by atomic mass is 9.95. The second kappa shape index (κ2) is 10.1. The third kappa shape index (κ3) is 4.86. The van der Waals surface area contributed by atoms with Crippen LogP contribution in [-0.4, -0.2) is 48.6 Å². The molecule has 2 aromatic carbocycles. The quantitative estimate of drug-likeness (QED) is 0.218. The molecular weight excluding hydrogens is 394 g/mol. The second-order valence-electron chi connectivity index (χ2n) is 7.37. The van der Waals surface area contributed by atoms with Gasteiger partial charge in [0.15, 0.2) is 0 Å². The molecule has 1 N–H and O–H groups in total. The van der Waals surface area contributed by atoms with Gasteiger partial charge in [0.2, 0.25) is 0 Å². The van der Waals surface area contributed by atoms with Crippen LogP contribution >= 0.6 is 0 Å². The predicted octanol–water partition coefficient (Wildman–Crippen LogP) is 4.02. The topological polar surface area (TPSA) is 76.1 Å². The Morgan fingerprint density at radius 2 is 1.81 bits per heavy atom. The Hall–Kier alpha value is -3.38. The van der Waals surface area contributed by atoms with Crippen LogP contribution in [0.2, 0.25) is 0 Å². The van der Waals surface area contributed by atoms with Gasteiger partial charge in [-0.1, -0.05) is 54.6 Å². The van der Waals surface area contributed by atoms with Gasteiger partial charge in [0.1, 0.15) is 18.1 Å². The van der Waals surface area contributed by atoms with Gasteiger partial charge in [-0.15, -0.1) is 0 Å². The molecule has 162 valence electrons. The predicted molar refractivity (Wildman–Crippen MR) is 119 cm³/mol. The van der Waals surface area contributed by atoms with Crippen molar-refractivity contribution in [2.24, 2.45) is 0 Å². The van der Waals surface area contributed by atoms with Crippen molar-refractivity contribution in [3.05, 3.63) is 83.4 Å². The molecule has 0 unspecified atom stereocenters. The van der Waals surface area contributed by atoms with Crippen LogP contribution in [-0.2, 0) is 14.3 Å². The van der Waals surface area contributed by atoms with E-state index in [1.165, 1.54) is 4.90 Å². The summed E-state index contributed by atoms with van der Waals surface area (Å²) in [6.45, 7) is 6.74. The number of carbonyl (C=O) groups is 2. The van der Waals surface area contributed by atoms with Gasteiger partial charge in [0.25, 0.3) is 11.7 Å². The van der Waals surface area contributed by atoms with Crippen LogP contribution in [0.4, 0.5) is 0 Å². The molecule has 1 amide bonds. The second-order valence-corrected chi connectivity index (χ2v) is 7.37. The molecule has 1 aliphatic rings. The highest BCUT2D eigenvalue weighted by Gasteiger charge is 2.45. The van der Waals surface area contributed by atoms with E-state index in [2.05, 4.69) is 6.58 Å². The van der Waals surface area contributed by atoms with E-state index in [4.69, 9.17) is 9.47 Å². The number of carbonyl (C=O) groups excluding carboxylic acids is 2. The Morgan fingerprint density at radius 3 is 2.42 bits per heavy atom. The minimum Gasteiger partial charge on any atom is -0.507 e. The number of hydrogen-bond acceptors (Lipinski definition) is 5. The van der Waals surface area contributed by atoms with Gasteiger partial charge in [0.05, 0.1) is 11.6 Å². The van der Waals surface area contributed by atoms with Crippen LogP contribution in [0.3, 0.4) is 0 Å². The van der Waals surface area contributed by atoms with Crippen molar-refractivity contribution in [2.75, 3.05) is 26.9 Å². The average Bonchev–Trinajstić information content (AvgIpc) is 3.03. The van der Waals surface area contributed by atoms with E-state index in [9.17, 15) is 14.7 Å². The van der Waals surface area contributed by atoms with Gasteiger partial charge in [0, 0.05) is 25.8 Å². The smallest absolute Gasteiger partial charge is 0.295 e. The Labute approximate surface area is 182 Å². The van der Waals surface area contributed by atoms with Crippen molar-refractivity contribution >= 4 is 17.4 Å². The van der Waals surface area contributed by atoms with Gasteiger partial charge in [-0.05, 0) is 31.0 Å². The number of rotatable bonds is 9. The molecule has 1 fully saturated rings. The fourth-order valence-corrected chi connectivity index (χ4v) is 3.60. The van der Waals surface area contributed by atoms with Crippen molar-refractivity contribution in [1.29, 1.82) is 0 Å². The molecule has 1 heterocycles. The summed E-state index contributed by atoms with van der Waals surface area (Å²) >= 11 is 0. The first kappa shape index (κ1) is 22.3. The van der Waals surface area contributed by atoms with Gasteiger partial charge < -0.3 is 19.5 Å². The third-order valence-corrected chi connectivity index (χ3v) is 5.18. The third-order valence-electron chi connectivity index (χ3n) is 5.18. The minimum absolute atomic E-state index is 0.0889. The molecule has 6 nitrogen and oxygen atoms in total. The van der Waals surface area contributed by atoms with E-state index in [0.717, 1.165) is 11.1 Å². The average molecular weight is 421 g/mol. The molecule has 2 aromatic rings. The van der Waals surface area contributed by atoms with Crippen molar-refractivity contribution in [3.8, 4) is 5.75 Å². The van der Waals surface area contributed by atoms with Crippen molar-refractivity contribution in [2.45, 2.75) is 19.4 Å². The first-order valence-electron chi connectivity index (χ1n) is 10.2. The Kier molecular flexibility index (Phi) is 7.26. The van der Waals surface area contributed by atoms with Crippen molar-refractivity contribution in [1.82, 2.24) is 4.90 Å². The molecule has 6 heteroatoms. The van der Waals surface area contributed by atoms with E-state index in [1.54, 1.807) is 49.6 Å². The summed E-state index contributed by atoms with van der Waals surface area (Å²) < 4.78 is 10.6. The van der Waals surface area contributed by atoms with Crippen LogP contribution in [0.15, 0.2) is 66.8 Å². The number of nitrogens with zero attached hydrogens (tertiary/aromatic N) is 1. The molecule has 0 aliphatic carbocycles. The first-order chi connectivity index (χ1) is 15.0. The summed E-state index contributed by atoms with van der Waals surface area (Å²) in [5.74, 6) is -0.836. The van der Waals surface area contributed by atoms with Gasteiger partial charge in [-0.2, -0.15) is 0 Å². The highest BCUT2D eigenvalue weighted by molar-refractivity contribution is 6.46. The van der Waals surface area contributed by atoms with Crippen LogP contribution in [0.25, 0.3) is 5.76 Å². The lowest BCUT2D eigenvalue weighted by molar-refractivity contribution is -0.140. The van der Waals surface area contributed by atoms with Crippen LogP contribution < -0.4 is 4.74 Å². The highest BCUT2D eigenvalue weighted by Crippen LogP contribution is 2.39. The zero-order valence-corrected chi connectivity index (χ0v) is 17.8. The van der Waals surface area contributed by atoms with Gasteiger partial charge >= 0.3 is 0 Å². The lowest BCUT2D eigenvalue weighted by Crippen LogP contribution is -2.31. The summed E-state index contributed by atoms with van der Waals surface area (Å²) in [6, 6.07) is 13.7. The summed E-state index contributed by atoms with van der Waals surface area (Å²) in [6.07, 6.45) is 2.23. The van der Waals surface area contributed by atoms with Gasteiger partial charge in [-0.25, -0.2) is 0 Å². The number of likely N-dealkylation sites (tertiary alicyclic amines) is 1. The molecule has 3 rings (SSSR count). The summed E-state index contributed by atoms with van der Waals surface area (Å²) in [4.78, 5) is 27.3. The number of aliphatic hydroxyl groups excluding tert-OH is 1. The molecule has 31 heavy (non-hydrogen) atoms. The number of amides is 1. The number of hydrogen-bond donors (Lipinski definition) is 1. The molecular formula is C25H27NO5. The molecule has 1 saturated heterocycles. The molecule has 1 aliphatic heterocycles. The number of aryl methyl sites for hydroxylation is 1. The van der Waals surface area contributed by atoms with Crippen LogP contribution in [0.1, 0.15) is 29.2 Å². The Balaban J connectivity index is 2.05. The number of ketones is 1. The molecule has 0 bridgehead atoms. The first-order valence-corrected chi connectivity index (χ1v) is 10.2. The zero-order chi connectivity index (χ0) is 22.4. The Morgan fingerprint density at radius 1 is 1.13 bits per heavy atom. The number of aliphatic hydroxyl groups is 1. The summed E-state index contributed by atoms with van der Waals surface area (Å²) in [7, 11) is 1.59. The van der Waals surface area contributed by atoms with E-state index < -0.39 is 17.7 Å². The molecule has 1 atom stereocenters. The molecule has 0 spiro atoms. The number of ether oxygens (including phenoxy) is 2. The van der Waals surface area contributed by atoms with E-state index >= 15 is 0 Å². The fraction of sp³-hybridized carbons (Fsp3) is 0.280. The largest absolute Gasteiger partial charge is 0.507 e. The standard InChI is InChI=1S/C25H27NO5/c1-4-15-31-20-12-10-18(11-13-20)22-21(23(27)19-8-6-17(2)7-9-19)24(28)25(29)26(22)14-5-16-30-3/h4,6-13,22,27H,1,5,14-16H2,2-3H3/t22-/m0/s1. The molecule has 0 radical (unpaired) electrons. The lowest BCUT2D eigenvalue weighted by Gasteiger charge is -2.25. The summed E-state index contributed by atoms with van der Waals surface area (Å²) in [5.41, 5.74) is 2.34. The zero-order valence-electron chi connectivity index (χ0n) is 17.8. The SMILES string of the molecule is C=CCOc1ccc([C@H]2C(=C(O)c3ccc(C)cc3)C(=O)C(=O)N2CCCOC)cc1. The van der Waals surface area contributed by atoms with E-state index in [-0.39, 0.29) is 11.3 Å². The van der Waals surface area contributed by atoms with Crippen LogP contribution in [0.5, 0.6) is 5.75 Å². The maximum atomic E-state index is 12.9. The number of methoxy groups -OCH3 is 1. The highest BCUT2D eigenvalue weighted by atomic mass is 16.5.